The number of carbonyl (C=O) groups is 2. The number of aryl methyl sites for hydroxylation is 1. The highest BCUT2D eigenvalue weighted by molar-refractivity contribution is 7.17. The van der Waals surface area contributed by atoms with E-state index in [2.05, 4.69) is 10.3 Å². The van der Waals surface area contributed by atoms with Gasteiger partial charge in [0.1, 0.15) is 5.00 Å². The zero-order valence-corrected chi connectivity index (χ0v) is 14.4. The van der Waals surface area contributed by atoms with Crippen molar-refractivity contribution in [3.05, 3.63) is 45.3 Å². The zero-order chi connectivity index (χ0) is 16.6. The van der Waals surface area contributed by atoms with Gasteiger partial charge in [-0.3, -0.25) is 4.79 Å². The summed E-state index contributed by atoms with van der Waals surface area (Å²) < 4.78 is 5.76. The lowest BCUT2D eigenvalue weighted by Crippen LogP contribution is -2.14. The van der Waals surface area contributed by atoms with Crippen LogP contribution in [0.15, 0.2) is 23.7 Å². The molecule has 1 amide bonds. The Morgan fingerprint density at radius 1 is 1.26 bits per heavy atom. The van der Waals surface area contributed by atoms with Crippen molar-refractivity contribution >= 4 is 49.8 Å². The van der Waals surface area contributed by atoms with Gasteiger partial charge in [-0.15, -0.1) is 22.7 Å². The third kappa shape index (κ3) is 2.85. The number of esters is 1. The van der Waals surface area contributed by atoms with Crippen molar-refractivity contribution in [3.63, 3.8) is 0 Å². The molecule has 2 heterocycles. The summed E-state index contributed by atoms with van der Waals surface area (Å²) in [6.07, 6.45) is 0. The predicted molar refractivity (Wildman–Crippen MR) is 92.7 cm³/mol. The minimum Gasteiger partial charge on any atom is -0.465 e. The molecule has 1 aromatic carbocycles. The van der Waals surface area contributed by atoms with E-state index in [0.717, 1.165) is 20.7 Å². The fourth-order valence-corrected chi connectivity index (χ4v) is 3.99. The number of hydrogen-bond acceptors (Lipinski definition) is 6. The van der Waals surface area contributed by atoms with Crippen LogP contribution in [0.4, 0.5) is 5.00 Å². The van der Waals surface area contributed by atoms with Crippen LogP contribution in [0.1, 0.15) is 31.2 Å². The normalized spacial score (nSPS) is 10.7. The van der Waals surface area contributed by atoms with Crippen LogP contribution < -0.4 is 5.32 Å². The topological polar surface area (TPSA) is 68.3 Å². The predicted octanol–water partition coefficient (Wildman–Crippen LogP) is 4.01. The lowest BCUT2D eigenvalue weighted by molar-refractivity contribution is 0.0601. The molecule has 0 unspecified atom stereocenters. The molecule has 0 atom stereocenters. The van der Waals surface area contributed by atoms with Gasteiger partial charge in [0.2, 0.25) is 0 Å². The standard InChI is InChI=1S/C16H14N2O3S2/c1-8-9(2)23-15(13(8)16(20)21-3)18-14(19)10-4-5-11-12(6-10)22-7-17-11/h4-7H,1-3H3,(H,18,19). The Morgan fingerprint density at radius 3 is 2.78 bits per heavy atom. The molecule has 0 bridgehead atoms. The molecule has 3 rings (SSSR count). The van der Waals surface area contributed by atoms with Crippen molar-refractivity contribution in [1.82, 2.24) is 4.98 Å². The van der Waals surface area contributed by atoms with E-state index in [0.29, 0.717) is 16.1 Å². The van der Waals surface area contributed by atoms with Crippen LogP contribution in [0.3, 0.4) is 0 Å². The van der Waals surface area contributed by atoms with Gasteiger partial charge in [0.15, 0.2) is 0 Å². The molecule has 0 aliphatic heterocycles. The van der Waals surface area contributed by atoms with Crippen molar-refractivity contribution in [3.8, 4) is 0 Å². The lowest BCUT2D eigenvalue weighted by atomic mass is 10.1. The highest BCUT2D eigenvalue weighted by Gasteiger charge is 2.22. The smallest absolute Gasteiger partial charge is 0.341 e. The molecule has 0 saturated heterocycles. The van der Waals surface area contributed by atoms with Gasteiger partial charge in [-0.05, 0) is 37.6 Å². The molecule has 0 fully saturated rings. The average molecular weight is 346 g/mol. The van der Waals surface area contributed by atoms with E-state index >= 15 is 0 Å². The van der Waals surface area contributed by atoms with Gasteiger partial charge >= 0.3 is 5.97 Å². The maximum atomic E-state index is 12.5. The Hall–Kier alpha value is -2.25. The number of benzene rings is 1. The molecule has 118 valence electrons. The third-order valence-corrected chi connectivity index (χ3v) is 5.51. The van der Waals surface area contributed by atoms with Gasteiger partial charge in [0.25, 0.3) is 5.91 Å². The number of aromatic nitrogens is 1. The molecule has 0 spiro atoms. The van der Waals surface area contributed by atoms with E-state index in [9.17, 15) is 9.59 Å². The summed E-state index contributed by atoms with van der Waals surface area (Å²) in [6, 6.07) is 5.34. The summed E-state index contributed by atoms with van der Waals surface area (Å²) >= 11 is 2.85. The first-order chi connectivity index (χ1) is 11.0. The summed E-state index contributed by atoms with van der Waals surface area (Å²) in [5.74, 6) is -0.702. The number of rotatable bonds is 3. The fraction of sp³-hybridized carbons (Fsp3) is 0.188. The summed E-state index contributed by atoms with van der Waals surface area (Å²) in [5.41, 5.74) is 4.39. The molecule has 1 N–H and O–H groups in total. The van der Waals surface area contributed by atoms with Crippen molar-refractivity contribution in [2.75, 3.05) is 12.4 Å². The molecule has 7 heteroatoms. The van der Waals surface area contributed by atoms with E-state index in [-0.39, 0.29) is 5.91 Å². The number of nitrogens with one attached hydrogen (secondary N) is 1. The number of methoxy groups -OCH3 is 1. The number of thiazole rings is 1. The van der Waals surface area contributed by atoms with Gasteiger partial charge in [-0.25, -0.2) is 9.78 Å². The van der Waals surface area contributed by atoms with Gasteiger partial charge in [0.05, 0.1) is 28.4 Å². The quantitative estimate of drug-likeness (QED) is 0.728. The second-order valence-electron chi connectivity index (χ2n) is 4.97. The highest BCUT2D eigenvalue weighted by atomic mass is 32.1. The van der Waals surface area contributed by atoms with Gasteiger partial charge < -0.3 is 10.1 Å². The molecule has 0 radical (unpaired) electrons. The van der Waals surface area contributed by atoms with E-state index in [1.807, 2.05) is 19.9 Å². The maximum Gasteiger partial charge on any atom is 0.341 e. The van der Waals surface area contributed by atoms with E-state index in [1.165, 1.54) is 29.8 Å². The second kappa shape index (κ2) is 6.10. The number of anilines is 1. The molecule has 0 saturated carbocycles. The monoisotopic (exact) mass is 346 g/mol. The van der Waals surface area contributed by atoms with E-state index < -0.39 is 5.97 Å². The Kier molecular flexibility index (Phi) is 4.14. The molecule has 5 nitrogen and oxygen atoms in total. The maximum absolute atomic E-state index is 12.5. The number of thiophene rings is 1. The van der Waals surface area contributed by atoms with Crippen molar-refractivity contribution in [2.24, 2.45) is 0 Å². The molecular weight excluding hydrogens is 332 g/mol. The van der Waals surface area contributed by atoms with Crippen LogP contribution in [0.5, 0.6) is 0 Å². The Labute approximate surface area is 140 Å². The number of nitrogens with zero attached hydrogens (tertiary/aromatic N) is 1. The Bertz CT molecular complexity index is 911. The molecule has 0 aliphatic rings. The minimum atomic E-state index is -0.444. The first-order valence-corrected chi connectivity index (χ1v) is 8.53. The van der Waals surface area contributed by atoms with E-state index in [4.69, 9.17) is 4.74 Å². The summed E-state index contributed by atoms with van der Waals surface area (Å²) in [6.45, 7) is 3.75. The number of amides is 1. The third-order valence-electron chi connectivity index (χ3n) is 3.60. The van der Waals surface area contributed by atoms with Crippen LogP contribution >= 0.6 is 22.7 Å². The Balaban J connectivity index is 1.93. The van der Waals surface area contributed by atoms with Crippen LogP contribution in [-0.2, 0) is 4.74 Å². The van der Waals surface area contributed by atoms with Crippen LogP contribution in [0.2, 0.25) is 0 Å². The number of carbonyl (C=O) groups excluding carboxylic acids is 2. The molecule has 2 aromatic heterocycles. The molecule has 23 heavy (non-hydrogen) atoms. The first kappa shape index (κ1) is 15.6. The fourth-order valence-electron chi connectivity index (χ4n) is 2.23. The van der Waals surface area contributed by atoms with Gasteiger partial charge in [0, 0.05) is 10.4 Å². The Morgan fingerprint density at radius 2 is 2.04 bits per heavy atom. The summed E-state index contributed by atoms with van der Waals surface area (Å²) in [7, 11) is 1.33. The molecule has 0 aliphatic carbocycles. The largest absolute Gasteiger partial charge is 0.465 e. The van der Waals surface area contributed by atoms with Crippen LogP contribution in [0.25, 0.3) is 10.2 Å². The summed E-state index contributed by atoms with van der Waals surface area (Å²) in [5, 5.41) is 3.34. The number of hydrogen-bond donors (Lipinski definition) is 1. The highest BCUT2D eigenvalue weighted by Crippen LogP contribution is 2.33. The minimum absolute atomic E-state index is 0.258. The summed E-state index contributed by atoms with van der Waals surface area (Å²) in [4.78, 5) is 29.6. The van der Waals surface area contributed by atoms with Crippen molar-refractivity contribution in [1.29, 1.82) is 0 Å². The van der Waals surface area contributed by atoms with Gasteiger partial charge in [-0.2, -0.15) is 0 Å². The van der Waals surface area contributed by atoms with Crippen LogP contribution in [-0.4, -0.2) is 24.0 Å². The second-order valence-corrected chi connectivity index (χ2v) is 7.08. The number of fused-ring (bicyclic) bond motifs is 1. The zero-order valence-electron chi connectivity index (χ0n) is 12.8. The number of ether oxygens (including phenoxy) is 1. The SMILES string of the molecule is COC(=O)c1c(NC(=O)c2ccc3ncsc3c2)sc(C)c1C. The molecular formula is C16H14N2O3S2. The van der Waals surface area contributed by atoms with Crippen molar-refractivity contribution in [2.45, 2.75) is 13.8 Å². The van der Waals surface area contributed by atoms with Gasteiger partial charge in [-0.1, -0.05) is 0 Å². The van der Waals surface area contributed by atoms with Crippen LogP contribution in [0, 0.1) is 13.8 Å². The average Bonchev–Trinajstić information content (AvgIpc) is 3.11. The first-order valence-electron chi connectivity index (χ1n) is 6.84. The van der Waals surface area contributed by atoms with Crippen molar-refractivity contribution < 1.29 is 14.3 Å². The lowest BCUT2D eigenvalue weighted by Gasteiger charge is -2.06. The van der Waals surface area contributed by atoms with E-state index in [1.54, 1.807) is 17.6 Å². The molecule has 3 aromatic rings.